The van der Waals surface area contributed by atoms with E-state index in [1.165, 1.54) is 0 Å². The minimum Gasteiger partial charge on any atom is -0.396 e. The molecule has 6 nitrogen and oxygen atoms in total. The van der Waals surface area contributed by atoms with Gasteiger partial charge in [-0.05, 0) is 56.6 Å². The van der Waals surface area contributed by atoms with Gasteiger partial charge in [-0.25, -0.2) is 4.98 Å². The molecule has 1 aromatic carbocycles. The van der Waals surface area contributed by atoms with Gasteiger partial charge in [0.25, 0.3) is 0 Å². The molecule has 4 rings (SSSR count). The van der Waals surface area contributed by atoms with E-state index >= 15 is 0 Å². The van der Waals surface area contributed by atoms with Crippen molar-refractivity contribution in [3.8, 4) is 0 Å². The molecular weight excluding hydrogens is 422 g/mol. The fourth-order valence-electron chi connectivity index (χ4n) is 5.91. The van der Waals surface area contributed by atoms with Crippen LogP contribution in [-0.4, -0.2) is 39.9 Å². The van der Waals surface area contributed by atoms with Crippen LogP contribution >= 0.6 is 11.3 Å². The number of anilines is 2. The van der Waals surface area contributed by atoms with E-state index in [0.717, 1.165) is 34.2 Å². The molecule has 32 heavy (non-hydrogen) atoms. The summed E-state index contributed by atoms with van der Waals surface area (Å²) in [5.41, 5.74) is 1.15. The minimum atomic E-state index is -0.603. The van der Waals surface area contributed by atoms with Crippen LogP contribution in [0, 0.1) is 16.7 Å². The van der Waals surface area contributed by atoms with E-state index in [1.54, 1.807) is 11.3 Å². The number of aliphatic hydroxyl groups excluding tert-OH is 2. The SMILES string of the molecule is CC(C)NC(=O)CC1c2nc(Nc3ccccc3)sc2CC2C(C)(CO)C(O)CCC12C. The van der Waals surface area contributed by atoms with Gasteiger partial charge >= 0.3 is 0 Å². The zero-order chi connectivity index (χ0) is 23.1. The second kappa shape index (κ2) is 8.76. The molecule has 0 radical (unpaired) electrons. The molecule has 1 aromatic heterocycles. The quantitative estimate of drug-likeness (QED) is 0.521. The smallest absolute Gasteiger partial charge is 0.220 e. The number of nitrogens with one attached hydrogen (secondary N) is 2. The average molecular weight is 458 g/mol. The van der Waals surface area contributed by atoms with Gasteiger partial charge < -0.3 is 20.8 Å². The largest absolute Gasteiger partial charge is 0.396 e. The van der Waals surface area contributed by atoms with E-state index in [0.29, 0.717) is 12.8 Å². The van der Waals surface area contributed by atoms with E-state index in [4.69, 9.17) is 4.98 Å². The monoisotopic (exact) mass is 457 g/mol. The highest BCUT2D eigenvalue weighted by Crippen LogP contribution is 2.62. The summed E-state index contributed by atoms with van der Waals surface area (Å²) in [4.78, 5) is 19.0. The Morgan fingerprint density at radius 3 is 2.66 bits per heavy atom. The van der Waals surface area contributed by atoms with Crippen molar-refractivity contribution in [1.29, 1.82) is 0 Å². The van der Waals surface area contributed by atoms with E-state index in [-0.39, 0.29) is 35.8 Å². The summed E-state index contributed by atoms with van der Waals surface area (Å²) in [6, 6.07) is 10.0. The van der Waals surface area contributed by atoms with Crippen LogP contribution in [0.5, 0.6) is 0 Å². The number of aliphatic hydroxyl groups is 2. The van der Waals surface area contributed by atoms with Crippen LogP contribution in [-0.2, 0) is 11.2 Å². The molecule has 1 fully saturated rings. The van der Waals surface area contributed by atoms with E-state index in [2.05, 4.69) is 17.6 Å². The van der Waals surface area contributed by atoms with Crippen LogP contribution in [0.3, 0.4) is 0 Å². The molecule has 1 saturated carbocycles. The Hall–Kier alpha value is -1.96. The molecule has 1 amide bonds. The Bertz CT molecular complexity index is 963. The molecule has 0 aliphatic heterocycles. The highest BCUT2D eigenvalue weighted by Gasteiger charge is 2.59. The Morgan fingerprint density at radius 2 is 2.00 bits per heavy atom. The summed E-state index contributed by atoms with van der Waals surface area (Å²) in [5, 5.41) is 28.5. The standard InChI is InChI=1S/C25H35N3O3S/c1-15(2)26-21(31)12-17-22-18(32-23(28-22)27-16-8-6-5-7-9-16)13-19-24(17,3)11-10-20(30)25(19,4)14-29/h5-9,15,17,19-20,29-30H,10-14H2,1-4H3,(H,26,31)(H,27,28). The van der Waals surface area contributed by atoms with Crippen molar-refractivity contribution in [2.24, 2.45) is 16.7 Å². The fraction of sp³-hybridized carbons (Fsp3) is 0.600. The molecule has 0 bridgehead atoms. The maximum absolute atomic E-state index is 12.9. The second-order valence-electron chi connectivity index (χ2n) is 10.3. The third kappa shape index (κ3) is 4.06. The first-order chi connectivity index (χ1) is 15.2. The third-order valence-electron chi connectivity index (χ3n) is 7.76. The molecule has 5 atom stereocenters. The van der Waals surface area contributed by atoms with Gasteiger partial charge in [-0.2, -0.15) is 0 Å². The van der Waals surface area contributed by atoms with Crippen molar-refractivity contribution in [2.75, 3.05) is 11.9 Å². The topological polar surface area (TPSA) is 94.5 Å². The number of fused-ring (bicyclic) bond motifs is 2. The molecule has 2 aliphatic carbocycles. The summed E-state index contributed by atoms with van der Waals surface area (Å²) in [6.07, 6.45) is 2.01. The zero-order valence-corrected chi connectivity index (χ0v) is 20.2. The fourth-order valence-corrected chi connectivity index (χ4v) is 7.00. The van der Waals surface area contributed by atoms with Crippen LogP contribution in [0.15, 0.2) is 30.3 Å². The van der Waals surface area contributed by atoms with Crippen molar-refractivity contribution < 1.29 is 15.0 Å². The van der Waals surface area contributed by atoms with E-state index < -0.39 is 11.5 Å². The molecule has 0 saturated heterocycles. The summed E-state index contributed by atoms with van der Waals surface area (Å²) in [7, 11) is 0. The number of nitrogens with zero attached hydrogens (tertiary/aromatic N) is 1. The molecule has 2 aromatic rings. The van der Waals surface area contributed by atoms with Crippen LogP contribution in [0.2, 0.25) is 0 Å². The maximum Gasteiger partial charge on any atom is 0.220 e. The molecule has 7 heteroatoms. The van der Waals surface area contributed by atoms with Crippen molar-refractivity contribution in [3.05, 3.63) is 40.9 Å². The Balaban J connectivity index is 1.74. The Kier molecular flexibility index (Phi) is 6.36. The number of benzene rings is 1. The van der Waals surface area contributed by atoms with Gasteiger partial charge in [-0.1, -0.05) is 32.0 Å². The number of rotatable bonds is 6. The number of para-hydroxylation sites is 1. The first kappa shape index (κ1) is 23.2. The molecular formula is C25H35N3O3S. The Labute approximate surface area is 194 Å². The average Bonchev–Trinajstić information content (AvgIpc) is 3.15. The van der Waals surface area contributed by atoms with Crippen LogP contribution in [0.25, 0.3) is 0 Å². The predicted octanol–water partition coefficient (Wildman–Crippen LogP) is 4.22. The first-order valence-corrected chi connectivity index (χ1v) is 12.4. The lowest BCUT2D eigenvalue weighted by atomic mass is 9.47. The van der Waals surface area contributed by atoms with Crippen molar-refractivity contribution in [1.82, 2.24) is 10.3 Å². The van der Waals surface area contributed by atoms with Gasteiger partial charge in [0.2, 0.25) is 5.91 Å². The van der Waals surface area contributed by atoms with Gasteiger partial charge in [0, 0.05) is 34.4 Å². The van der Waals surface area contributed by atoms with Crippen LogP contribution in [0.1, 0.15) is 63.4 Å². The summed E-state index contributed by atoms with van der Waals surface area (Å²) in [5.74, 6) is 0.0364. The first-order valence-electron chi connectivity index (χ1n) is 11.6. The molecule has 5 unspecified atom stereocenters. The molecule has 2 aliphatic rings. The lowest BCUT2D eigenvalue weighted by Gasteiger charge is -2.58. The summed E-state index contributed by atoms with van der Waals surface area (Å²) in [6.45, 7) is 8.11. The summed E-state index contributed by atoms with van der Waals surface area (Å²) >= 11 is 1.62. The van der Waals surface area contributed by atoms with Gasteiger partial charge in [0.05, 0.1) is 18.4 Å². The van der Waals surface area contributed by atoms with Gasteiger partial charge in [0.1, 0.15) is 0 Å². The van der Waals surface area contributed by atoms with Crippen molar-refractivity contribution >= 4 is 28.1 Å². The highest BCUT2D eigenvalue weighted by molar-refractivity contribution is 7.15. The number of amides is 1. The molecule has 0 spiro atoms. The van der Waals surface area contributed by atoms with Crippen molar-refractivity contribution in [3.63, 3.8) is 0 Å². The van der Waals surface area contributed by atoms with Crippen LogP contribution < -0.4 is 10.6 Å². The minimum absolute atomic E-state index is 0.0280. The second-order valence-corrected chi connectivity index (χ2v) is 11.4. The molecule has 174 valence electrons. The zero-order valence-electron chi connectivity index (χ0n) is 19.4. The maximum atomic E-state index is 12.9. The number of carbonyl (C=O) groups is 1. The van der Waals surface area contributed by atoms with Gasteiger partial charge in [0.15, 0.2) is 5.13 Å². The number of thiazole rings is 1. The molecule has 4 N–H and O–H groups in total. The lowest BCUT2D eigenvalue weighted by molar-refractivity contribution is -0.144. The highest BCUT2D eigenvalue weighted by atomic mass is 32.1. The van der Waals surface area contributed by atoms with Gasteiger partial charge in [-0.15, -0.1) is 11.3 Å². The third-order valence-corrected chi connectivity index (χ3v) is 8.77. The van der Waals surface area contributed by atoms with Gasteiger partial charge in [-0.3, -0.25) is 4.79 Å². The predicted molar refractivity (Wildman–Crippen MR) is 128 cm³/mol. The number of hydrogen-bond donors (Lipinski definition) is 4. The summed E-state index contributed by atoms with van der Waals surface area (Å²) < 4.78 is 0. The van der Waals surface area contributed by atoms with Crippen molar-refractivity contribution in [2.45, 2.75) is 71.4 Å². The normalized spacial score (nSPS) is 31.7. The Morgan fingerprint density at radius 1 is 1.28 bits per heavy atom. The number of aromatic nitrogens is 1. The number of hydrogen-bond acceptors (Lipinski definition) is 6. The van der Waals surface area contributed by atoms with E-state index in [9.17, 15) is 15.0 Å². The van der Waals surface area contributed by atoms with E-state index in [1.807, 2.05) is 51.1 Å². The van der Waals surface area contributed by atoms with Crippen LogP contribution in [0.4, 0.5) is 10.8 Å². The molecule has 1 heterocycles. The lowest BCUT2D eigenvalue weighted by Crippen LogP contribution is -2.57. The number of carbonyl (C=O) groups excluding carboxylic acids is 1.